The number of hydrogen-bond acceptors (Lipinski definition) is 3. The largest absolute Gasteiger partial charge is 0.497 e. The predicted molar refractivity (Wildman–Crippen MR) is 89.2 cm³/mol. The maximum absolute atomic E-state index is 12.5. The third-order valence-corrected chi connectivity index (χ3v) is 3.68. The number of ether oxygens (including phenoxy) is 1. The van der Waals surface area contributed by atoms with E-state index in [9.17, 15) is 4.79 Å². The summed E-state index contributed by atoms with van der Waals surface area (Å²) in [5, 5.41) is 12.0. The van der Waals surface area contributed by atoms with Gasteiger partial charge in [-0.2, -0.15) is 5.26 Å². The number of amides is 1. The fourth-order valence-corrected chi connectivity index (χ4v) is 2.40. The first-order chi connectivity index (χ1) is 11.0. The van der Waals surface area contributed by atoms with Crippen molar-refractivity contribution in [1.29, 1.82) is 5.26 Å². The van der Waals surface area contributed by atoms with Gasteiger partial charge in [-0.25, -0.2) is 0 Å². The highest BCUT2D eigenvalue weighted by Gasteiger charge is 2.19. The zero-order valence-corrected chi connectivity index (χ0v) is 13.5. The first-order valence-electron chi connectivity index (χ1n) is 7.50. The van der Waals surface area contributed by atoms with Crippen LogP contribution in [0.15, 0.2) is 48.5 Å². The van der Waals surface area contributed by atoms with Gasteiger partial charge in [-0.15, -0.1) is 0 Å². The molecule has 1 amide bonds. The van der Waals surface area contributed by atoms with Crippen molar-refractivity contribution in [1.82, 2.24) is 5.32 Å². The van der Waals surface area contributed by atoms with Crippen LogP contribution in [0.25, 0.3) is 0 Å². The maximum Gasteiger partial charge on any atom is 0.251 e. The molecule has 0 saturated carbocycles. The Morgan fingerprint density at radius 2 is 1.87 bits per heavy atom. The smallest absolute Gasteiger partial charge is 0.251 e. The van der Waals surface area contributed by atoms with Crippen LogP contribution in [0, 0.1) is 17.2 Å². The number of methoxy groups -OCH3 is 1. The third kappa shape index (κ3) is 4.10. The lowest BCUT2D eigenvalue weighted by molar-refractivity contribution is 0.0925. The van der Waals surface area contributed by atoms with E-state index < -0.39 is 0 Å². The fraction of sp³-hybridized carbons (Fsp3) is 0.263. The Labute approximate surface area is 136 Å². The Kier molecular flexibility index (Phi) is 5.37. The Bertz CT molecular complexity index is 715. The molecule has 0 aromatic heterocycles. The number of carbonyl (C=O) groups excluding carboxylic acids is 1. The van der Waals surface area contributed by atoms with Crippen LogP contribution in [-0.2, 0) is 0 Å². The Balaban J connectivity index is 2.21. The van der Waals surface area contributed by atoms with Gasteiger partial charge in [0.1, 0.15) is 5.75 Å². The van der Waals surface area contributed by atoms with Crippen LogP contribution < -0.4 is 10.1 Å². The fourth-order valence-electron chi connectivity index (χ4n) is 2.40. The summed E-state index contributed by atoms with van der Waals surface area (Å²) in [6, 6.07) is 16.3. The van der Waals surface area contributed by atoms with E-state index in [0.29, 0.717) is 11.1 Å². The van der Waals surface area contributed by atoms with Crippen molar-refractivity contribution in [2.45, 2.75) is 19.9 Å². The monoisotopic (exact) mass is 308 g/mol. The first-order valence-corrected chi connectivity index (χ1v) is 7.50. The lowest BCUT2D eigenvalue weighted by atomic mass is 9.95. The summed E-state index contributed by atoms with van der Waals surface area (Å²) in [5.74, 6) is 0.826. The summed E-state index contributed by atoms with van der Waals surface area (Å²) in [6.45, 7) is 4.11. The molecule has 4 nitrogen and oxygen atoms in total. The predicted octanol–water partition coefficient (Wildman–Crippen LogP) is 3.69. The Morgan fingerprint density at radius 1 is 1.17 bits per heavy atom. The van der Waals surface area contributed by atoms with Crippen molar-refractivity contribution < 1.29 is 9.53 Å². The van der Waals surface area contributed by atoms with E-state index in [4.69, 9.17) is 10.00 Å². The van der Waals surface area contributed by atoms with Gasteiger partial charge in [0.05, 0.1) is 24.8 Å². The standard InChI is InChI=1S/C19H20N2O2/c1-13(2)18(15-7-9-17(23-3)10-8-15)21-19(22)16-6-4-5-14(11-16)12-20/h4-11,13,18H,1-3H3,(H,21,22)/t18-/m0/s1. The zero-order chi connectivity index (χ0) is 16.8. The topological polar surface area (TPSA) is 62.1 Å². The van der Waals surface area contributed by atoms with Crippen LogP contribution in [0.1, 0.15) is 41.4 Å². The van der Waals surface area contributed by atoms with Crippen LogP contribution in [-0.4, -0.2) is 13.0 Å². The molecular formula is C19H20N2O2. The average molecular weight is 308 g/mol. The summed E-state index contributed by atoms with van der Waals surface area (Å²) < 4.78 is 5.17. The highest BCUT2D eigenvalue weighted by Crippen LogP contribution is 2.24. The van der Waals surface area contributed by atoms with Crippen molar-refractivity contribution in [2.75, 3.05) is 7.11 Å². The summed E-state index contributed by atoms with van der Waals surface area (Å²) in [7, 11) is 1.62. The van der Waals surface area contributed by atoms with Crippen LogP contribution in [0.3, 0.4) is 0 Å². The van der Waals surface area contributed by atoms with Gasteiger partial charge in [-0.3, -0.25) is 4.79 Å². The van der Waals surface area contributed by atoms with Crippen molar-refractivity contribution in [3.8, 4) is 11.8 Å². The molecule has 2 aromatic carbocycles. The Hall–Kier alpha value is -2.80. The minimum Gasteiger partial charge on any atom is -0.497 e. The van der Waals surface area contributed by atoms with Crippen LogP contribution in [0.2, 0.25) is 0 Å². The van der Waals surface area contributed by atoms with E-state index in [0.717, 1.165) is 11.3 Å². The Morgan fingerprint density at radius 3 is 2.43 bits per heavy atom. The van der Waals surface area contributed by atoms with Gasteiger partial charge >= 0.3 is 0 Å². The van der Waals surface area contributed by atoms with E-state index in [-0.39, 0.29) is 17.9 Å². The molecule has 4 heteroatoms. The van der Waals surface area contributed by atoms with Gasteiger partial charge in [-0.05, 0) is 41.8 Å². The molecule has 0 bridgehead atoms. The minimum absolute atomic E-state index is 0.112. The highest BCUT2D eigenvalue weighted by molar-refractivity contribution is 5.94. The van der Waals surface area contributed by atoms with E-state index >= 15 is 0 Å². The van der Waals surface area contributed by atoms with Crippen LogP contribution in [0.5, 0.6) is 5.75 Å². The molecular weight excluding hydrogens is 288 g/mol. The summed E-state index contributed by atoms with van der Waals surface area (Å²) in [4.78, 5) is 12.5. The molecule has 0 saturated heterocycles. The number of nitrogens with one attached hydrogen (secondary N) is 1. The van der Waals surface area contributed by atoms with Gasteiger partial charge in [0.25, 0.3) is 5.91 Å². The molecule has 118 valence electrons. The second-order valence-electron chi connectivity index (χ2n) is 5.66. The molecule has 0 radical (unpaired) electrons. The number of benzene rings is 2. The molecule has 1 atom stereocenters. The molecule has 0 heterocycles. The summed E-state index contributed by atoms with van der Waals surface area (Å²) >= 11 is 0. The van der Waals surface area contributed by atoms with Crippen LogP contribution in [0.4, 0.5) is 0 Å². The van der Waals surface area contributed by atoms with Crippen molar-refractivity contribution >= 4 is 5.91 Å². The van der Waals surface area contributed by atoms with Gasteiger partial charge in [0.15, 0.2) is 0 Å². The van der Waals surface area contributed by atoms with E-state index in [1.807, 2.05) is 30.3 Å². The van der Waals surface area contributed by atoms with Crippen molar-refractivity contribution in [3.63, 3.8) is 0 Å². The van der Waals surface area contributed by atoms with E-state index in [2.05, 4.69) is 19.2 Å². The van der Waals surface area contributed by atoms with Crippen molar-refractivity contribution in [3.05, 3.63) is 65.2 Å². The maximum atomic E-state index is 12.5. The lowest BCUT2D eigenvalue weighted by Gasteiger charge is -2.23. The molecule has 0 unspecified atom stereocenters. The number of rotatable bonds is 5. The third-order valence-electron chi connectivity index (χ3n) is 3.68. The van der Waals surface area contributed by atoms with Gasteiger partial charge in [0, 0.05) is 5.56 Å². The first kappa shape index (κ1) is 16.6. The second kappa shape index (κ2) is 7.46. The number of nitriles is 1. The number of hydrogen-bond donors (Lipinski definition) is 1. The second-order valence-corrected chi connectivity index (χ2v) is 5.66. The number of carbonyl (C=O) groups is 1. The van der Waals surface area contributed by atoms with E-state index in [1.165, 1.54) is 0 Å². The highest BCUT2D eigenvalue weighted by atomic mass is 16.5. The summed E-state index contributed by atoms with van der Waals surface area (Å²) in [6.07, 6.45) is 0. The minimum atomic E-state index is -0.184. The van der Waals surface area contributed by atoms with Gasteiger partial charge in [0.2, 0.25) is 0 Å². The number of nitrogens with zero attached hydrogens (tertiary/aromatic N) is 1. The van der Waals surface area contributed by atoms with E-state index in [1.54, 1.807) is 31.4 Å². The normalized spacial score (nSPS) is 11.6. The molecule has 0 fully saturated rings. The zero-order valence-electron chi connectivity index (χ0n) is 13.5. The summed E-state index contributed by atoms with van der Waals surface area (Å²) in [5.41, 5.74) is 1.98. The van der Waals surface area contributed by atoms with Gasteiger partial charge < -0.3 is 10.1 Å². The molecule has 0 aliphatic heterocycles. The van der Waals surface area contributed by atoms with Gasteiger partial charge in [-0.1, -0.05) is 32.0 Å². The molecule has 0 aliphatic rings. The lowest BCUT2D eigenvalue weighted by Crippen LogP contribution is -2.31. The molecule has 23 heavy (non-hydrogen) atoms. The molecule has 2 rings (SSSR count). The van der Waals surface area contributed by atoms with Crippen LogP contribution >= 0.6 is 0 Å². The molecule has 0 spiro atoms. The average Bonchev–Trinajstić information content (AvgIpc) is 2.59. The quantitative estimate of drug-likeness (QED) is 0.916. The molecule has 1 N–H and O–H groups in total. The van der Waals surface area contributed by atoms with Crippen molar-refractivity contribution in [2.24, 2.45) is 5.92 Å². The molecule has 0 aliphatic carbocycles. The molecule has 2 aromatic rings. The SMILES string of the molecule is COc1ccc([C@@H](NC(=O)c2cccc(C#N)c2)C(C)C)cc1.